The summed E-state index contributed by atoms with van der Waals surface area (Å²) in [6.45, 7) is 9.60. The number of carbonyl (C=O) groups excluding carboxylic acids is 1. The fraction of sp³-hybridized carbons (Fsp3) is 0.500. The van der Waals surface area contributed by atoms with E-state index >= 15 is 0 Å². The first-order valence-corrected chi connectivity index (χ1v) is 10.7. The number of rotatable bonds is 4. The van der Waals surface area contributed by atoms with Crippen molar-refractivity contribution in [1.82, 2.24) is 20.3 Å². The molecule has 2 aliphatic heterocycles. The Balaban J connectivity index is 1.76. The van der Waals surface area contributed by atoms with Gasteiger partial charge in [-0.15, -0.1) is 0 Å². The lowest BCUT2D eigenvalue weighted by Gasteiger charge is -2.47. The van der Waals surface area contributed by atoms with Gasteiger partial charge in [-0.1, -0.05) is 11.6 Å². The van der Waals surface area contributed by atoms with Crippen LogP contribution in [0, 0.1) is 5.92 Å². The fourth-order valence-corrected chi connectivity index (χ4v) is 5.67. The molecule has 0 amide bonds. The van der Waals surface area contributed by atoms with E-state index in [2.05, 4.69) is 48.0 Å². The number of hydrogen-bond donors (Lipinski definition) is 3. The minimum Gasteiger partial charge on any atom is -0.368 e. The van der Waals surface area contributed by atoms with Gasteiger partial charge in [0.2, 0.25) is 5.95 Å². The Morgan fingerprint density at radius 2 is 1.97 bits per heavy atom. The minimum atomic E-state index is -0.488. The number of hydrogen-bond acceptors (Lipinski definition) is 6. The lowest BCUT2D eigenvalue weighted by atomic mass is 9.75. The zero-order valence-corrected chi connectivity index (χ0v) is 18.6. The number of nitrogen functional groups attached to an aromatic ring is 1. The number of piperidine rings is 1. The second-order valence-electron chi connectivity index (χ2n) is 9.70. The molecule has 0 aliphatic carbocycles. The Kier molecular flexibility index (Phi) is 5.14. The number of carbonyl (C=O) groups is 1. The summed E-state index contributed by atoms with van der Waals surface area (Å²) in [5.41, 5.74) is 8.31. The second-order valence-corrected chi connectivity index (χ2v) is 10.1. The molecule has 4 rings (SSSR count). The fourth-order valence-electron chi connectivity index (χ4n) is 5.39. The van der Waals surface area contributed by atoms with E-state index in [0.717, 1.165) is 30.4 Å². The van der Waals surface area contributed by atoms with Crippen LogP contribution in [0.1, 0.15) is 51.8 Å². The first kappa shape index (κ1) is 20.9. The van der Waals surface area contributed by atoms with Gasteiger partial charge >= 0.3 is 0 Å². The Hall–Kier alpha value is -2.38. The third-order valence-electron chi connectivity index (χ3n) is 5.87. The molecule has 4 heterocycles. The molecule has 0 spiro atoms. The number of aromatic nitrogens is 3. The number of H-pyrrole nitrogens is 1. The van der Waals surface area contributed by atoms with Crippen molar-refractivity contribution in [2.45, 2.75) is 57.7 Å². The molecule has 0 aromatic carbocycles. The van der Waals surface area contributed by atoms with Crippen LogP contribution in [0.2, 0.25) is 5.15 Å². The molecule has 2 aromatic heterocycles. The average Bonchev–Trinajstić information content (AvgIpc) is 3.19. The minimum absolute atomic E-state index is 0.0108. The summed E-state index contributed by atoms with van der Waals surface area (Å²) in [5.74, 6) is 1.13. The van der Waals surface area contributed by atoms with Gasteiger partial charge in [0.15, 0.2) is 0 Å². The number of nitrogens with zero attached hydrogens (tertiary/aromatic N) is 3. The van der Waals surface area contributed by atoms with Gasteiger partial charge in [-0.2, -0.15) is 4.98 Å². The Morgan fingerprint density at radius 1 is 1.27 bits per heavy atom. The van der Waals surface area contributed by atoms with Gasteiger partial charge < -0.3 is 25.7 Å². The van der Waals surface area contributed by atoms with Crippen LogP contribution in [0.15, 0.2) is 18.3 Å². The third kappa shape index (κ3) is 3.96. The zero-order valence-electron chi connectivity index (χ0n) is 17.9. The van der Waals surface area contributed by atoms with Crippen LogP contribution in [0.5, 0.6) is 0 Å². The number of nitrogens with one attached hydrogen (secondary N) is 2. The number of nitrogens with two attached hydrogens (primary N) is 1. The van der Waals surface area contributed by atoms with Gasteiger partial charge in [-0.3, -0.25) is 0 Å². The van der Waals surface area contributed by atoms with Gasteiger partial charge in [-0.05, 0) is 70.2 Å². The monoisotopic (exact) mass is 428 g/mol. The van der Waals surface area contributed by atoms with Crippen molar-refractivity contribution in [3.63, 3.8) is 0 Å². The summed E-state index contributed by atoms with van der Waals surface area (Å²) in [5, 5.41) is 3.99. The van der Waals surface area contributed by atoms with Gasteiger partial charge in [0.1, 0.15) is 23.3 Å². The summed E-state index contributed by atoms with van der Waals surface area (Å²) < 4.78 is 0. The first-order valence-electron chi connectivity index (χ1n) is 10.3. The molecule has 1 saturated heterocycles. The van der Waals surface area contributed by atoms with Crippen molar-refractivity contribution < 1.29 is 4.79 Å². The predicted molar refractivity (Wildman–Crippen MR) is 121 cm³/mol. The summed E-state index contributed by atoms with van der Waals surface area (Å²) >= 11 is 6.50. The number of anilines is 2. The Labute approximate surface area is 182 Å². The van der Waals surface area contributed by atoms with E-state index in [1.807, 2.05) is 29.3 Å². The van der Waals surface area contributed by atoms with Gasteiger partial charge in [0.25, 0.3) is 0 Å². The smallest absolute Gasteiger partial charge is 0.223 e. The van der Waals surface area contributed by atoms with Crippen LogP contribution in [-0.4, -0.2) is 44.9 Å². The average molecular weight is 429 g/mol. The van der Waals surface area contributed by atoms with E-state index in [0.29, 0.717) is 23.8 Å². The van der Waals surface area contributed by atoms with Crippen molar-refractivity contribution in [2.75, 3.05) is 17.2 Å². The largest absolute Gasteiger partial charge is 0.368 e. The van der Waals surface area contributed by atoms with Gasteiger partial charge in [-0.25, -0.2) is 4.98 Å². The first-order chi connectivity index (χ1) is 14.1. The van der Waals surface area contributed by atoms with Crippen molar-refractivity contribution in [3.8, 4) is 0 Å². The molecule has 7 nitrogen and oxygen atoms in total. The summed E-state index contributed by atoms with van der Waals surface area (Å²) in [6.07, 6.45) is 6.74. The molecule has 1 unspecified atom stereocenters. The van der Waals surface area contributed by atoms with E-state index in [1.54, 1.807) is 0 Å². The molecule has 4 N–H and O–H groups in total. The van der Waals surface area contributed by atoms with E-state index < -0.39 is 6.04 Å². The standard InChI is InChI=1S/C22H29ClN6O/c1-21(2)9-13(10-22(3,4)28-21)11-29-16(12-30)15(8-14-6-5-7-25-14)17-18(23)26-20(24)27-19(17)29/h5-8,12-13,16,25,28H,9-11H2,1-4H3,(H2,24,26,27)/b15-8+. The zero-order chi connectivity index (χ0) is 21.7. The van der Waals surface area contributed by atoms with Crippen molar-refractivity contribution >= 4 is 41.3 Å². The molecular weight excluding hydrogens is 400 g/mol. The molecule has 2 aliphatic rings. The molecule has 0 bridgehead atoms. The van der Waals surface area contributed by atoms with E-state index in [4.69, 9.17) is 17.3 Å². The second kappa shape index (κ2) is 7.39. The quantitative estimate of drug-likeness (QED) is 0.508. The number of aromatic amines is 1. The van der Waals surface area contributed by atoms with Gasteiger partial charge in [0.05, 0.1) is 5.56 Å². The molecule has 1 fully saturated rings. The molecular formula is C22H29ClN6O. The Morgan fingerprint density at radius 3 is 2.57 bits per heavy atom. The molecule has 160 valence electrons. The van der Waals surface area contributed by atoms with E-state index in [9.17, 15) is 4.79 Å². The highest BCUT2D eigenvalue weighted by Gasteiger charge is 2.43. The summed E-state index contributed by atoms with van der Waals surface area (Å²) in [4.78, 5) is 26.1. The van der Waals surface area contributed by atoms with E-state index in [-0.39, 0.29) is 22.2 Å². The normalized spacial score (nSPS) is 24.2. The Bertz CT molecular complexity index is 966. The number of halogens is 1. The van der Waals surface area contributed by atoms with Crippen molar-refractivity contribution in [3.05, 3.63) is 34.7 Å². The highest BCUT2D eigenvalue weighted by molar-refractivity contribution is 6.32. The van der Waals surface area contributed by atoms with Crippen LogP contribution in [-0.2, 0) is 4.79 Å². The SMILES string of the molecule is CC1(C)CC(CN2c3nc(N)nc(Cl)c3/C(=C/c3ccc[nH]3)C2C=O)CC(C)(C)N1. The van der Waals surface area contributed by atoms with Crippen LogP contribution in [0.25, 0.3) is 11.6 Å². The lowest BCUT2D eigenvalue weighted by Crippen LogP contribution is -2.59. The van der Waals surface area contributed by atoms with Gasteiger partial charge in [0, 0.05) is 29.5 Å². The summed E-state index contributed by atoms with van der Waals surface area (Å²) in [7, 11) is 0. The van der Waals surface area contributed by atoms with Crippen LogP contribution in [0.3, 0.4) is 0 Å². The number of fused-ring (bicyclic) bond motifs is 1. The van der Waals surface area contributed by atoms with Crippen molar-refractivity contribution in [2.24, 2.45) is 5.92 Å². The molecule has 0 radical (unpaired) electrons. The molecule has 2 aromatic rings. The highest BCUT2D eigenvalue weighted by Crippen LogP contribution is 2.44. The van der Waals surface area contributed by atoms with Crippen LogP contribution in [0.4, 0.5) is 11.8 Å². The predicted octanol–water partition coefficient (Wildman–Crippen LogP) is 3.53. The maximum Gasteiger partial charge on any atom is 0.223 e. The topological polar surface area (TPSA) is 99.9 Å². The molecule has 0 saturated carbocycles. The molecule has 30 heavy (non-hydrogen) atoms. The maximum absolute atomic E-state index is 12.3. The highest BCUT2D eigenvalue weighted by atomic mass is 35.5. The van der Waals surface area contributed by atoms with Crippen LogP contribution >= 0.6 is 11.6 Å². The maximum atomic E-state index is 12.3. The lowest BCUT2D eigenvalue weighted by molar-refractivity contribution is -0.107. The van der Waals surface area contributed by atoms with Crippen LogP contribution < -0.4 is 16.0 Å². The molecule has 8 heteroatoms. The van der Waals surface area contributed by atoms with E-state index in [1.165, 1.54) is 0 Å². The van der Waals surface area contributed by atoms with Crippen molar-refractivity contribution in [1.29, 1.82) is 0 Å². The number of aldehydes is 1. The third-order valence-corrected chi connectivity index (χ3v) is 6.14. The summed E-state index contributed by atoms with van der Waals surface area (Å²) in [6, 6.07) is 3.37. The molecule has 1 atom stereocenters.